The van der Waals surface area contributed by atoms with Crippen LogP contribution < -0.4 is 10.1 Å². The lowest BCUT2D eigenvalue weighted by Crippen LogP contribution is -2.27. The van der Waals surface area contributed by atoms with Crippen molar-refractivity contribution in [3.05, 3.63) is 65.6 Å². The number of pyridine rings is 1. The Morgan fingerprint density at radius 1 is 1.17 bits per heavy atom. The minimum atomic E-state index is -0.333. The van der Waals surface area contributed by atoms with Gasteiger partial charge in [0.15, 0.2) is 0 Å². The summed E-state index contributed by atoms with van der Waals surface area (Å²) in [5.74, 6) is -0.0267. The maximum absolute atomic E-state index is 12.3. The third-order valence-electron chi connectivity index (χ3n) is 4.11. The van der Waals surface area contributed by atoms with Crippen LogP contribution >= 0.6 is 0 Å². The summed E-state index contributed by atoms with van der Waals surface area (Å²) >= 11 is 0. The molecule has 0 aliphatic rings. The normalized spacial score (nSPS) is 10.9. The number of aryl methyl sites for hydroxylation is 1. The summed E-state index contributed by atoms with van der Waals surface area (Å²) in [6.07, 6.45) is 3.90. The maximum atomic E-state index is 12.3. The molecule has 0 fully saturated rings. The molecule has 2 heterocycles. The van der Waals surface area contributed by atoms with Gasteiger partial charge in [0.05, 0.1) is 18.2 Å². The van der Waals surface area contributed by atoms with E-state index in [9.17, 15) is 9.59 Å². The predicted octanol–water partition coefficient (Wildman–Crippen LogP) is 3.29. The van der Waals surface area contributed by atoms with Crippen LogP contribution in [0.25, 0.3) is 5.65 Å². The van der Waals surface area contributed by atoms with E-state index in [4.69, 9.17) is 9.47 Å². The summed E-state index contributed by atoms with van der Waals surface area (Å²) in [5.41, 5.74) is 3.27. The van der Waals surface area contributed by atoms with E-state index in [0.29, 0.717) is 17.9 Å². The Kier molecular flexibility index (Phi) is 6.49. The van der Waals surface area contributed by atoms with Crippen LogP contribution in [0.5, 0.6) is 5.75 Å². The molecule has 0 saturated heterocycles. The molecule has 29 heavy (non-hydrogen) atoms. The van der Waals surface area contributed by atoms with E-state index in [1.165, 1.54) is 0 Å². The summed E-state index contributed by atoms with van der Waals surface area (Å²) in [7, 11) is 0. The first kappa shape index (κ1) is 20.4. The molecule has 7 heteroatoms. The predicted molar refractivity (Wildman–Crippen MR) is 109 cm³/mol. The smallest absolute Gasteiger partial charge is 0.307 e. The zero-order valence-corrected chi connectivity index (χ0v) is 16.8. The highest BCUT2D eigenvalue weighted by Gasteiger charge is 2.10. The van der Waals surface area contributed by atoms with Gasteiger partial charge in [-0.15, -0.1) is 0 Å². The van der Waals surface area contributed by atoms with Crippen LogP contribution in [0.1, 0.15) is 41.9 Å². The molecule has 0 aliphatic heterocycles. The second-order valence-corrected chi connectivity index (χ2v) is 7.07. The van der Waals surface area contributed by atoms with Crippen molar-refractivity contribution in [2.24, 2.45) is 0 Å². The second-order valence-electron chi connectivity index (χ2n) is 7.07. The SMILES string of the molecule is Cc1ccc2nc(COc3cccc(C(=O)NCCC(=O)OC(C)C)c3)cn2c1. The van der Waals surface area contributed by atoms with Gasteiger partial charge in [-0.05, 0) is 50.6 Å². The lowest BCUT2D eigenvalue weighted by atomic mass is 10.2. The zero-order valence-electron chi connectivity index (χ0n) is 16.8. The monoisotopic (exact) mass is 395 g/mol. The Morgan fingerprint density at radius 3 is 2.79 bits per heavy atom. The van der Waals surface area contributed by atoms with E-state index in [-0.39, 0.29) is 30.9 Å². The number of rotatable bonds is 8. The molecule has 0 aliphatic carbocycles. The van der Waals surface area contributed by atoms with Crippen molar-refractivity contribution in [3.63, 3.8) is 0 Å². The van der Waals surface area contributed by atoms with Crippen molar-refractivity contribution < 1.29 is 19.1 Å². The van der Waals surface area contributed by atoms with Crippen LogP contribution in [0, 0.1) is 6.92 Å². The number of aromatic nitrogens is 2. The number of ether oxygens (including phenoxy) is 2. The van der Waals surface area contributed by atoms with E-state index in [1.54, 1.807) is 38.1 Å². The lowest BCUT2D eigenvalue weighted by Gasteiger charge is -2.09. The molecule has 0 spiro atoms. The maximum Gasteiger partial charge on any atom is 0.307 e. The molecule has 0 radical (unpaired) electrons. The number of hydrogen-bond acceptors (Lipinski definition) is 5. The van der Waals surface area contributed by atoms with Gasteiger partial charge in [-0.25, -0.2) is 4.98 Å². The molecule has 1 aromatic carbocycles. The van der Waals surface area contributed by atoms with Gasteiger partial charge in [0.25, 0.3) is 5.91 Å². The summed E-state index contributed by atoms with van der Waals surface area (Å²) in [6, 6.07) is 10.9. The second kappa shape index (κ2) is 9.23. The number of amides is 1. The van der Waals surface area contributed by atoms with Gasteiger partial charge in [0.1, 0.15) is 18.0 Å². The van der Waals surface area contributed by atoms with Crippen molar-refractivity contribution in [3.8, 4) is 5.75 Å². The van der Waals surface area contributed by atoms with Crippen LogP contribution in [-0.2, 0) is 16.1 Å². The highest BCUT2D eigenvalue weighted by molar-refractivity contribution is 5.94. The quantitative estimate of drug-likeness (QED) is 0.592. The number of esters is 1. The van der Waals surface area contributed by atoms with E-state index in [2.05, 4.69) is 10.3 Å². The fourth-order valence-electron chi connectivity index (χ4n) is 2.81. The van der Waals surface area contributed by atoms with Gasteiger partial charge >= 0.3 is 5.97 Å². The first-order chi connectivity index (χ1) is 13.9. The number of carbonyl (C=O) groups is 2. The van der Waals surface area contributed by atoms with Gasteiger partial charge in [-0.2, -0.15) is 0 Å². The number of imidazole rings is 1. The first-order valence-corrected chi connectivity index (χ1v) is 9.55. The van der Waals surface area contributed by atoms with Crippen molar-refractivity contribution in [1.82, 2.24) is 14.7 Å². The van der Waals surface area contributed by atoms with Crippen molar-refractivity contribution in [1.29, 1.82) is 0 Å². The number of benzene rings is 1. The highest BCUT2D eigenvalue weighted by Crippen LogP contribution is 2.16. The molecule has 1 amide bonds. The van der Waals surface area contributed by atoms with E-state index < -0.39 is 0 Å². The molecule has 7 nitrogen and oxygen atoms in total. The fraction of sp³-hybridized carbons (Fsp3) is 0.318. The fourth-order valence-corrected chi connectivity index (χ4v) is 2.81. The number of carbonyl (C=O) groups excluding carboxylic acids is 2. The van der Waals surface area contributed by atoms with Crippen LogP contribution in [0.15, 0.2) is 48.8 Å². The topological polar surface area (TPSA) is 81.9 Å². The standard InChI is InChI=1S/C22H25N3O4/c1-15(2)29-21(26)9-10-23-22(27)17-5-4-6-19(11-17)28-14-18-13-25-12-16(3)7-8-20(25)24-18/h4-8,11-13,15H,9-10,14H2,1-3H3,(H,23,27). The molecule has 3 aromatic rings. The largest absolute Gasteiger partial charge is 0.487 e. The Bertz CT molecular complexity index is 1010. The third-order valence-corrected chi connectivity index (χ3v) is 4.11. The summed E-state index contributed by atoms with van der Waals surface area (Å²) in [4.78, 5) is 28.3. The summed E-state index contributed by atoms with van der Waals surface area (Å²) in [6.45, 7) is 6.12. The molecular formula is C22H25N3O4. The van der Waals surface area contributed by atoms with E-state index >= 15 is 0 Å². The Balaban J connectivity index is 1.54. The van der Waals surface area contributed by atoms with Crippen LogP contribution in [0.2, 0.25) is 0 Å². The molecule has 0 bridgehead atoms. The third kappa shape index (κ3) is 5.81. The van der Waals surface area contributed by atoms with E-state index in [1.807, 2.05) is 35.9 Å². The van der Waals surface area contributed by atoms with Crippen LogP contribution in [0.4, 0.5) is 0 Å². The molecule has 2 aromatic heterocycles. The number of nitrogens with zero attached hydrogens (tertiary/aromatic N) is 2. The summed E-state index contributed by atoms with van der Waals surface area (Å²) in [5, 5.41) is 2.72. The Morgan fingerprint density at radius 2 is 2.00 bits per heavy atom. The van der Waals surface area contributed by atoms with Crippen molar-refractivity contribution in [2.75, 3.05) is 6.54 Å². The molecule has 0 atom stereocenters. The van der Waals surface area contributed by atoms with Crippen LogP contribution in [-0.4, -0.2) is 33.9 Å². The van der Waals surface area contributed by atoms with Gasteiger partial charge in [0.2, 0.25) is 0 Å². The van der Waals surface area contributed by atoms with Gasteiger partial charge in [0, 0.05) is 24.5 Å². The summed E-state index contributed by atoms with van der Waals surface area (Å²) < 4.78 is 12.8. The minimum Gasteiger partial charge on any atom is -0.487 e. The first-order valence-electron chi connectivity index (χ1n) is 9.55. The molecule has 1 N–H and O–H groups in total. The molecule has 152 valence electrons. The van der Waals surface area contributed by atoms with Gasteiger partial charge in [-0.1, -0.05) is 12.1 Å². The molecular weight excluding hydrogens is 370 g/mol. The number of hydrogen-bond donors (Lipinski definition) is 1. The molecule has 3 rings (SSSR count). The van der Waals surface area contributed by atoms with Crippen molar-refractivity contribution >= 4 is 17.5 Å². The molecule has 0 unspecified atom stereocenters. The lowest BCUT2D eigenvalue weighted by molar-refractivity contribution is -0.147. The van der Waals surface area contributed by atoms with Gasteiger partial charge < -0.3 is 19.2 Å². The average molecular weight is 395 g/mol. The highest BCUT2D eigenvalue weighted by atomic mass is 16.5. The number of fused-ring (bicyclic) bond motifs is 1. The van der Waals surface area contributed by atoms with E-state index in [0.717, 1.165) is 16.9 Å². The van der Waals surface area contributed by atoms with Crippen LogP contribution in [0.3, 0.4) is 0 Å². The van der Waals surface area contributed by atoms with Crippen molar-refractivity contribution in [2.45, 2.75) is 39.9 Å². The number of nitrogens with one attached hydrogen (secondary N) is 1. The van der Waals surface area contributed by atoms with Gasteiger partial charge in [-0.3, -0.25) is 9.59 Å². The minimum absolute atomic E-state index is 0.132. The average Bonchev–Trinajstić information content (AvgIpc) is 3.08. The Hall–Kier alpha value is -3.35. The Labute approximate surface area is 169 Å². The zero-order chi connectivity index (χ0) is 20.8. The molecule has 0 saturated carbocycles.